The molecule has 3 aromatic carbocycles. The molecule has 3 aromatic rings. The molecule has 0 saturated heterocycles. The Bertz CT molecular complexity index is 1250. The van der Waals surface area contributed by atoms with Gasteiger partial charge in [-0.3, -0.25) is 14.4 Å². The quantitative estimate of drug-likeness (QED) is 0.460. The smallest absolute Gasteiger partial charge is 0.258 e. The van der Waals surface area contributed by atoms with Gasteiger partial charge in [-0.15, -0.1) is 0 Å². The van der Waals surface area contributed by atoms with E-state index in [0.29, 0.717) is 38.0 Å². The molecule has 4 rings (SSSR count). The van der Waals surface area contributed by atoms with Crippen LogP contribution in [-0.4, -0.2) is 41.8 Å². The Hall–Kier alpha value is -3.67. The second-order valence-corrected chi connectivity index (χ2v) is 9.01. The fourth-order valence-corrected chi connectivity index (χ4v) is 4.92. The van der Waals surface area contributed by atoms with E-state index in [0.717, 1.165) is 27.6 Å². The summed E-state index contributed by atoms with van der Waals surface area (Å²) in [5.41, 5.74) is 3.74. The molecule has 0 fully saturated rings. The molecule has 0 aliphatic carbocycles. The third-order valence-electron chi connectivity index (χ3n) is 6.76. The van der Waals surface area contributed by atoms with E-state index in [9.17, 15) is 14.4 Å². The van der Waals surface area contributed by atoms with Gasteiger partial charge < -0.3 is 15.1 Å². The van der Waals surface area contributed by atoms with E-state index in [2.05, 4.69) is 5.32 Å². The van der Waals surface area contributed by atoms with Gasteiger partial charge in [0.15, 0.2) is 0 Å². The molecule has 0 saturated carbocycles. The molecular weight excluding hydrogens is 438 g/mol. The first-order valence-electron chi connectivity index (χ1n) is 12.4. The van der Waals surface area contributed by atoms with Crippen LogP contribution >= 0.6 is 0 Å². The summed E-state index contributed by atoms with van der Waals surface area (Å²) >= 11 is 0. The van der Waals surface area contributed by atoms with E-state index in [4.69, 9.17) is 0 Å². The highest BCUT2D eigenvalue weighted by atomic mass is 16.2. The zero-order valence-electron chi connectivity index (χ0n) is 20.7. The maximum atomic E-state index is 13.5. The van der Waals surface area contributed by atoms with Crippen LogP contribution in [0.25, 0.3) is 10.8 Å². The topological polar surface area (TPSA) is 69.7 Å². The van der Waals surface area contributed by atoms with Crippen LogP contribution in [0.5, 0.6) is 0 Å². The van der Waals surface area contributed by atoms with Crippen molar-refractivity contribution in [1.29, 1.82) is 0 Å². The zero-order chi connectivity index (χ0) is 24.9. The molecule has 0 bridgehead atoms. The Kier molecular flexibility index (Phi) is 7.49. The SMILES string of the molecule is CCNC(=O)C(CC)N(Cc1ccccc1C)C(=O)CCCN1C(=O)c2cccc3cccc1c23. The highest BCUT2D eigenvalue weighted by Gasteiger charge is 2.31. The van der Waals surface area contributed by atoms with Gasteiger partial charge in [-0.2, -0.15) is 0 Å². The first-order chi connectivity index (χ1) is 17.0. The van der Waals surface area contributed by atoms with Crippen LogP contribution in [0.4, 0.5) is 5.69 Å². The lowest BCUT2D eigenvalue weighted by molar-refractivity contribution is -0.141. The van der Waals surface area contributed by atoms with Crippen LogP contribution in [0.1, 0.15) is 54.6 Å². The van der Waals surface area contributed by atoms with E-state index in [1.54, 1.807) is 9.80 Å². The van der Waals surface area contributed by atoms with Gasteiger partial charge in [0.25, 0.3) is 5.91 Å². The molecule has 6 nitrogen and oxygen atoms in total. The van der Waals surface area contributed by atoms with Crippen molar-refractivity contribution in [3.05, 3.63) is 77.4 Å². The fourth-order valence-electron chi connectivity index (χ4n) is 4.92. The largest absolute Gasteiger partial charge is 0.355 e. The summed E-state index contributed by atoms with van der Waals surface area (Å²) in [6.45, 7) is 7.18. The maximum Gasteiger partial charge on any atom is 0.258 e. The average Bonchev–Trinajstić information content (AvgIpc) is 3.13. The lowest BCUT2D eigenvalue weighted by Gasteiger charge is -2.31. The summed E-state index contributed by atoms with van der Waals surface area (Å²) in [4.78, 5) is 42.8. The number of carbonyl (C=O) groups excluding carboxylic acids is 3. The van der Waals surface area contributed by atoms with E-state index < -0.39 is 6.04 Å². The van der Waals surface area contributed by atoms with Crippen molar-refractivity contribution in [3.63, 3.8) is 0 Å². The summed E-state index contributed by atoms with van der Waals surface area (Å²) in [7, 11) is 0. The van der Waals surface area contributed by atoms with Crippen LogP contribution in [0.2, 0.25) is 0 Å². The minimum absolute atomic E-state index is 0.0187. The summed E-state index contributed by atoms with van der Waals surface area (Å²) < 4.78 is 0. The monoisotopic (exact) mass is 471 g/mol. The number of aryl methyl sites for hydroxylation is 1. The van der Waals surface area contributed by atoms with Gasteiger partial charge >= 0.3 is 0 Å². The molecule has 182 valence electrons. The summed E-state index contributed by atoms with van der Waals surface area (Å²) in [6.07, 6.45) is 1.31. The van der Waals surface area contributed by atoms with Crippen molar-refractivity contribution >= 4 is 34.2 Å². The van der Waals surface area contributed by atoms with E-state index in [-0.39, 0.29) is 24.1 Å². The predicted octanol–water partition coefficient (Wildman–Crippen LogP) is 4.83. The van der Waals surface area contributed by atoms with Crippen molar-refractivity contribution in [2.24, 2.45) is 0 Å². The lowest BCUT2D eigenvalue weighted by Crippen LogP contribution is -2.49. The molecule has 0 spiro atoms. The van der Waals surface area contributed by atoms with Gasteiger partial charge in [-0.05, 0) is 55.3 Å². The number of hydrogen-bond donors (Lipinski definition) is 1. The van der Waals surface area contributed by atoms with Crippen molar-refractivity contribution in [2.75, 3.05) is 18.0 Å². The Morgan fingerprint density at radius 1 is 1.00 bits per heavy atom. The summed E-state index contributed by atoms with van der Waals surface area (Å²) in [5.74, 6) is -0.225. The van der Waals surface area contributed by atoms with Crippen molar-refractivity contribution < 1.29 is 14.4 Å². The van der Waals surface area contributed by atoms with Crippen molar-refractivity contribution in [2.45, 2.75) is 52.6 Å². The van der Waals surface area contributed by atoms with E-state index in [1.165, 1.54) is 0 Å². The van der Waals surface area contributed by atoms with Crippen LogP contribution in [0, 0.1) is 6.92 Å². The maximum absolute atomic E-state index is 13.5. The number of anilines is 1. The predicted molar refractivity (Wildman–Crippen MR) is 139 cm³/mol. The molecule has 1 atom stereocenters. The Balaban J connectivity index is 1.49. The number of nitrogens with zero attached hydrogens (tertiary/aromatic N) is 2. The first kappa shape index (κ1) is 24.5. The summed E-state index contributed by atoms with van der Waals surface area (Å²) in [5, 5.41) is 4.90. The van der Waals surface area contributed by atoms with Gasteiger partial charge in [-0.25, -0.2) is 0 Å². The normalized spacial score (nSPS) is 13.2. The minimum Gasteiger partial charge on any atom is -0.355 e. The molecular formula is C29H33N3O3. The number of hydrogen-bond acceptors (Lipinski definition) is 3. The van der Waals surface area contributed by atoms with Gasteiger partial charge in [0.2, 0.25) is 11.8 Å². The molecule has 3 amide bonds. The number of rotatable bonds is 10. The molecule has 1 aliphatic rings. The number of amides is 3. The van der Waals surface area contributed by atoms with E-state index >= 15 is 0 Å². The van der Waals surface area contributed by atoms with Crippen LogP contribution < -0.4 is 10.2 Å². The second-order valence-electron chi connectivity index (χ2n) is 9.01. The molecule has 6 heteroatoms. The van der Waals surface area contributed by atoms with Gasteiger partial charge in [0.1, 0.15) is 6.04 Å². The van der Waals surface area contributed by atoms with Crippen molar-refractivity contribution in [3.8, 4) is 0 Å². The van der Waals surface area contributed by atoms with Gasteiger partial charge in [0, 0.05) is 37.0 Å². The lowest BCUT2D eigenvalue weighted by atomic mass is 10.1. The number of carbonyl (C=O) groups is 3. The zero-order valence-corrected chi connectivity index (χ0v) is 20.7. The number of benzene rings is 3. The summed E-state index contributed by atoms with van der Waals surface area (Å²) in [6, 6.07) is 19.1. The third-order valence-corrected chi connectivity index (χ3v) is 6.76. The number of likely N-dealkylation sites (N-methyl/N-ethyl adjacent to an activating group) is 1. The molecule has 0 radical (unpaired) electrons. The van der Waals surface area contributed by atoms with Crippen molar-refractivity contribution in [1.82, 2.24) is 10.2 Å². The first-order valence-corrected chi connectivity index (χ1v) is 12.4. The Morgan fingerprint density at radius 2 is 1.74 bits per heavy atom. The average molecular weight is 472 g/mol. The molecule has 35 heavy (non-hydrogen) atoms. The molecule has 1 unspecified atom stereocenters. The van der Waals surface area contributed by atoms with Crippen LogP contribution in [0.3, 0.4) is 0 Å². The third kappa shape index (κ3) is 4.92. The Labute approximate surface area is 206 Å². The molecule has 1 aliphatic heterocycles. The molecule has 0 aromatic heterocycles. The Morgan fingerprint density at radius 3 is 2.46 bits per heavy atom. The highest BCUT2D eigenvalue weighted by Crippen LogP contribution is 2.37. The van der Waals surface area contributed by atoms with Gasteiger partial charge in [0.05, 0.1) is 5.69 Å². The molecule has 1 heterocycles. The van der Waals surface area contributed by atoms with Gasteiger partial charge in [-0.1, -0.05) is 55.5 Å². The number of nitrogens with one attached hydrogen (secondary N) is 1. The second kappa shape index (κ2) is 10.7. The molecule has 1 N–H and O–H groups in total. The van der Waals surface area contributed by atoms with Crippen LogP contribution in [-0.2, 0) is 16.1 Å². The van der Waals surface area contributed by atoms with Crippen LogP contribution in [0.15, 0.2) is 60.7 Å². The minimum atomic E-state index is -0.534. The fraction of sp³-hybridized carbons (Fsp3) is 0.345. The highest BCUT2D eigenvalue weighted by molar-refractivity contribution is 6.25. The standard InChI is InChI=1S/C29H33N3O3/c1-4-24(28(34)30-5-2)32(19-22-12-7-6-11-20(22)3)26(33)17-10-18-31-25-16-9-14-21-13-8-15-23(27(21)25)29(31)35/h6-9,11-16,24H,4-5,10,17-19H2,1-3H3,(H,30,34). The van der Waals surface area contributed by atoms with E-state index in [1.807, 2.05) is 81.4 Å².